The molecule has 0 spiro atoms. The Kier molecular flexibility index (Phi) is 6.21. The Balaban J connectivity index is 3.15. The van der Waals surface area contributed by atoms with Gasteiger partial charge in [-0.1, -0.05) is 13.8 Å². The largest absolute Gasteiger partial charge is 0.462 e. The van der Waals surface area contributed by atoms with Crippen molar-refractivity contribution < 1.29 is 9.53 Å². The van der Waals surface area contributed by atoms with Gasteiger partial charge in [0, 0.05) is 0 Å². The molecule has 1 rings (SSSR count). The number of nitrogens with two attached hydrogens (primary N) is 1. The summed E-state index contributed by atoms with van der Waals surface area (Å²) in [6.07, 6.45) is 1.93. The van der Waals surface area contributed by atoms with Crippen molar-refractivity contribution in [1.82, 2.24) is 9.78 Å². The molecule has 6 heteroatoms. The van der Waals surface area contributed by atoms with Crippen molar-refractivity contribution in [3.63, 3.8) is 0 Å². The van der Waals surface area contributed by atoms with Crippen LogP contribution in [0.15, 0.2) is 5.03 Å². The average molecular weight is 285 g/mol. The van der Waals surface area contributed by atoms with Crippen molar-refractivity contribution in [3.05, 3.63) is 5.56 Å². The van der Waals surface area contributed by atoms with Gasteiger partial charge in [-0.25, -0.2) is 9.48 Å². The minimum absolute atomic E-state index is 0.171. The molecule has 0 aromatic carbocycles. The minimum atomic E-state index is -0.381. The van der Waals surface area contributed by atoms with Gasteiger partial charge < -0.3 is 10.5 Å². The Labute approximate surface area is 118 Å². The Bertz CT molecular complexity index is 432. The van der Waals surface area contributed by atoms with Crippen LogP contribution in [-0.2, 0) is 4.74 Å². The van der Waals surface area contributed by atoms with E-state index in [1.54, 1.807) is 23.4 Å². The Morgan fingerprint density at radius 1 is 1.47 bits per heavy atom. The first-order valence-corrected chi connectivity index (χ1v) is 7.73. The first kappa shape index (κ1) is 15.9. The molecule has 108 valence electrons. The highest BCUT2D eigenvalue weighted by Crippen LogP contribution is 2.30. The summed E-state index contributed by atoms with van der Waals surface area (Å²) in [5.74, 6) is 0.933. The van der Waals surface area contributed by atoms with Crippen molar-refractivity contribution in [3.8, 4) is 0 Å². The number of hydrogen-bond acceptors (Lipinski definition) is 5. The molecule has 0 amide bonds. The van der Waals surface area contributed by atoms with Crippen LogP contribution in [-0.4, -0.2) is 28.1 Å². The predicted molar refractivity (Wildman–Crippen MR) is 78.6 cm³/mol. The number of thioether (sulfide) groups is 1. The van der Waals surface area contributed by atoms with Crippen LogP contribution < -0.4 is 5.73 Å². The van der Waals surface area contributed by atoms with Gasteiger partial charge >= 0.3 is 5.97 Å². The fourth-order valence-corrected chi connectivity index (χ4v) is 2.51. The molecule has 0 aliphatic heterocycles. The predicted octanol–water partition coefficient (Wildman–Crippen LogP) is 3.12. The standard InChI is InChI=1S/C13H23N3O2S/c1-5-8-19-12-10(13(17)18-7-3)11(14)16(15-12)9(4)6-2/h9H,5-8,14H2,1-4H3. The van der Waals surface area contributed by atoms with Crippen molar-refractivity contribution in [2.45, 2.75) is 51.6 Å². The van der Waals surface area contributed by atoms with Crippen molar-refractivity contribution >= 4 is 23.5 Å². The molecule has 0 radical (unpaired) electrons. The third-order valence-corrected chi connectivity index (χ3v) is 4.02. The van der Waals surface area contributed by atoms with Gasteiger partial charge in [-0.2, -0.15) is 5.10 Å². The van der Waals surface area contributed by atoms with E-state index < -0.39 is 0 Å². The molecule has 0 saturated heterocycles. The monoisotopic (exact) mass is 285 g/mol. The molecule has 2 N–H and O–H groups in total. The number of hydrogen-bond donors (Lipinski definition) is 1. The lowest BCUT2D eigenvalue weighted by Crippen LogP contribution is -2.12. The third-order valence-electron chi connectivity index (χ3n) is 2.85. The van der Waals surface area contributed by atoms with Crippen molar-refractivity contribution in [2.75, 3.05) is 18.1 Å². The van der Waals surface area contributed by atoms with Gasteiger partial charge in [0.1, 0.15) is 16.4 Å². The maximum absolute atomic E-state index is 12.0. The SMILES string of the molecule is CCCSc1nn(C(C)CC)c(N)c1C(=O)OCC. The number of carbonyl (C=O) groups excluding carboxylic acids is 1. The lowest BCUT2D eigenvalue weighted by molar-refractivity contribution is 0.0523. The molecular formula is C13H23N3O2S. The van der Waals surface area contributed by atoms with Crippen LogP contribution in [0, 0.1) is 0 Å². The van der Waals surface area contributed by atoms with Crippen LogP contribution in [0.5, 0.6) is 0 Å². The van der Waals surface area contributed by atoms with E-state index in [0.29, 0.717) is 23.0 Å². The number of ether oxygens (including phenoxy) is 1. The molecule has 0 aliphatic carbocycles. The maximum Gasteiger partial charge on any atom is 0.344 e. The van der Waals surface area contributed by atoms with E-state index in [1.165, 1.54) is 0 Å². The molecule has 1 aromatic heterocycles. The second-order valence-electron chi connectivity index (χ2n) is 4.34. The zero-order chi connectivity index (χ0) is 14.4. The van der Waals surface area contributed by atoms with Crippen LogP contribution in [0.1, 0.15) is 56.9 Å². The molecule has 1 atom stereocenters. The smallest absolute Gasteiger partial charge is 0.344 e. The Morgan fingerprint density at radius 2 is 2.16 bits per heavy atom. The molecule has 1 heterocycles. The summed E-state index contributed by atoms with van der Waals surface area (Å²) >= 11 is 1.55. The van der Waals surface area contributed by atoms with Crippen LogP contribution >= 0.6 is 11.8 Å². The van der Waals surface area contributed by atoms with Crippen LogP contribution in [0.2, 0.25) is 0 Å². The van der Waals surface area contributed by atoms with Gasteiger partial charge in [-0.05, 0) is 32.4 Å². The molecule has 0 saturated carbocycles. The number of nitrogen functional groups attached to an aromatic ring is 1. The molecule has 5 nitrogen and oxygen atoms in total. The van der Waals surface area contributed by atoms with E-state index in [4.69, 9.17) is 10.5 Å². The van der Waals surface area contributed by atoms with E-state index in [0.717, 1.165) is 18.6 Å². The van der Waals surface area contributed by atoms with Gasteiger partial charge in [-0.15, -0.1) is 11.8 Å². The van der Waals surface area contributed by atoms with E-state index in [9.17, 15) is 4.79 Å². The summed E-state index contributed by atoms with van der Waals surface area (Å²) < 4.78 is 6.80. The summed E-state index contributed by atoms with van der Waals surface area (Å²) in [4.78, 5) is 12.0. The number of carbonyl (C=O) groups is 1. The topological polar surface area (TPSA) is 70.1 Å². The number of esters is 1. The molecule has 0 bridgehead atoms. The lowest BCUT2D eigenvalue weighted by Gasteiger charge is -2.11. The number of rotatable bonds is 7. The summed E-state index contributed by atoms with van der Waals surface area (Å²) in [7, 11) is 0. The maximum atomic E-state index is 12.0. The zero-order valence-corrected chi connectivity index (χ0v) is 12.9. The van der Waals surface area contributed by atoms with Crippen LogP contribution in [0.4, 0.5) is 5.82 Å². The van der Waals surface area contributed by atoms with E-state index >= 15 is 0 Å². The molecular weight excluding hydrogens is 262 g/mol. The first-order chi connectivity index (χ1) is 9.06. The fraction of sp³-hybridized carbons (Fsp3) is 0.692. The molecule has 0 fully saturated rings. The number of aromatic nitrogens is 2. The highest BCUT2D eigenvalue weighted by Gasteiger charge is 2.24. The van der Waals surface area contributed by atoms with Crippen molar-refractivity contribution in [2.24, 2.45) is 0 Å². The minimum Gasteiger partial charge on any atom is -0.462 e. The lowest BCUT2D eigenvalue weighted by atomic mass is 10.2. The fourth-order valence-electron chi connectivity index (χ4n) is 1.63. The van der Waals surface area contributed by atoms with Crippen LogP contribution in [0.3, 0.4) is 0 Å². The molecule has 0 aliphatic rings. The van der Waals surface area contributed by atoms with Crippen LogP contribution in [0.25, 0.3) is 0 Å². The molecule has 19 heavy (non-hydrogen) atoms. The quantitative estimate of drug-likeness (QED) is 0.615. The third kappa shape index (κ3) is 3.65. The van der Waals surface area contributed by atoms with Gasteiger partial charge in [0.25, 0.3) is 0 Å². The Morgan fingerprint density at radius 3 is 2.68 bits per heavy atom. The summed E-state index contributed by atoms with van der Waals surface area (Å²) in [5.41, 5.74) is 6.49. The Hall–Kier alpha value is -1.17. The van der Waals surface area contributed by atoms with E-state index in [-0.39, 0.29) is 12.0 Å². The van der Waals surface area contributed by atoms with E-state index in [2.05, 4.69) is 18.9 Å². The van der Waals surface area contributed by atoms with Gasteiger partial charge in [0.15, 0.2) is 0 Å². The average Bonchev–Trinajstić information content (AvgIpc) is 2.72. The normalized spacial score (nSPS) is 12.4. The zero-order valence-electron chi connectivity index (χ0n) is 12.1. The summed E-state index contributed by atoms with van der Waals surface area (Å²) in [6, 6.07) is 0.171. The van der Waals surface area contributed by atoms with Gasteiger partial charge in [0.05, 0.1) is 12.6 Å². The summed E-state index contributed by atoms with van der Waals surface area (Å²) in [5, 5.41) is 5.15. The molecule has 1 aromatic rings. The highest BCUT2D eigenvalue weighted by atomic mass is 32.2. The van der Waals surface area contributed by atoms with E-state index in [1.807, 2.05) is 6.92 Å². The molecule has 1 unspecified atom stereocenters. The van der Waals surface area contributed by atoms with Gasteiger partial charge in [0.2, 0.25) is 0 Å². The first-order valence-electron chi connectivity index (χ1n) is 6.74. The second-order valence-corrected chi connectivity index (χ2v) is 5.42. The van der Waals surface area contributed by atoms with Gasteiger partial charge in [-0.3, -0.25) is 0 Å². The summed E-state index contributed by atoms with van der Waals surface area (Å²) in [6.45, 7) is 8.31. The number of anilines is 1. The van der Waals surface area contributed by atoms with Crippen molar-refractivity contribution in [1.29, 1.82) is 0 Å². The number of nitrogens with zero attached hydrogens (tertiary/aromatic N) is 2. The highest BCUT2D eigenvalue weighted by molar-refractivity contribution is 7.99. The second kappa shape index (κ2) is 7.43.